The highest BCUT2D eigenvalue weighted by molar-refractivity contribution is 6.30. The van der Waals surface area contributed by atoms with Crippen molar-refractivity contribution < 1.29 is 4.79 Å². The molecule has 0 aliphatic carbocycles. The summed E-state index contributed by atoms with van der Waals surface area (Å²) in [6.45, 7) is 2.18. The number of benzene rings is 1. The summed E-state index contributed by atoms with van der Waals surface area (Å²) in [7, 11) is 0. The third-order valence-corrected chi connectivity index (χ3v) is 3.48. The highest BCUT2D eigenvalue weighted by atomic mass is 35.5. The largest absolute Gasteiger partial charge is 0.368 e. The molecule has 1 atom stereocenters. The van der Waals surface area contributed by atoms with E-state index in [1.54, 1.807) is 31.3 Å². The maximum atomic E-state index is 11.9. The Morgan fingerprint density at radius 1 is 1.35 bits per heavy atom. The third kappa shape index (κ3) is 3.15. The molecule has 2 rings (SSSR count). The van der Waals surface area contributed by atoms with Crippen LogP contribution in [0.4, 0.5) is 0 Å². The molecule has 0 aliphatic heterocycles. The van der Waals surface area contributed by atoms with Gasteiger partial charge in [0.25, 0.3) is 0 Å². The van der Waals surface area contributed by atoms with Gasteiger partial charge in [-0.05, 0) is 36.8 Å². The van der Waals surface area contributed by atoms with Crippen LogP contribution < -0.4 is 11.1 Å². The predicted octanol–water partition coefficient (Wildman–Crippen LogP) is 2.23. The van der Waals surface area contributed by atoms with E-state index >= 15 is 0 Å². The molecular formula is C15H16ClN3O. The number of hydrogen-bond donors (Lipinski definition) is 2. The Bertz CT molecular complexity index is 603. The van der Waals surface area contributed by atoms with Crippen LogP contribution in [0, 0.1) is 0 Å². The maximum absolute atomic E-state index is 11.9. The Morgan fingerprint density at radius 3 is 2.75 bits per heavy atom. The zero-order valence-electron chi connectivity index (χ0n) is 11.1. The number of pyridine rings is 1. The van der Waals surface area contributed by atoms with Gasteiger partial charge >= 0.3 is 0 Å². The van der Waals surface area contributed by atoms with E-state index in [0.29, 0.717) is 11.6 Å². The second-order valence-corrected chi connectivity index (χ2v) is 5.11. The lowest BCUT2D eigenvalue weighted by Crippen LogP contribution is -2.50. The molecule has 0 spiro atoms. The van der Waals surface area contributed by atoms with Crippen molar-refractivity contribution in [3.05, 3.63) is 64.9 Å². The standard InChI is InChI=1S/C15H16ClN3O/c1-15(14(17)20,11-5-4-6-12(16)9-11)19-10-13-7-2-3-8-18-13/h2-9,19H,10H2,1H3,(H2,17,20). The average molecular weight is 290 g/mol. The van der Waals surface area contributed by atoms with Gasteiger partial charge in [-0.2, -0.15) is 0 Å². The summed E-state index contributed by atoms with van der Waals surface area (Å²) in [6, 6.07) is 12.7. The summed E-state index contributed by atoms with van der Waals surface area (Å²) in [6.07, 6.45) is 1.71. The number of nitrogens with two attached hydrogens (primary N) is 1. The first-order chi connectivity index (χ1) is 9.52. The molecular weight excluding hydrogens is 274 g/mol. The summed E-state index contributed by atoms with van der Waals surface area (Å²) < 4.78 is 0. The lowest BCUT2D eigenvalue weighted by Gasteiger charge is -2.28. The van der Waals surface area contributed by atoms with Gasteiger partial charge in [0.15, 0.2) is 0 Å². The van der Waals surface area contributed by atoms with Crippen LogP contribution in [-0.4, -0.2) is 10.9 Å². The molecule has 20 heavy (non-hydrogen) atoms. The molecule has 4 nitrogen and oxygen atoms in total. The minimum Gasteiger partial charge on any atom is -0.368 e. The van der Waals surface area contributed by atoms with Gasteiger partial charge in [-0.25, -0.2) is 0 Å². The number of carbonyl (C=O) groups excluding carboxylic acids is 1. The van der Waals surface area contributed by atoms with Crippen LogP contribution in [0.3, 0.4) is 0 Å². The van der Waals surface area contributed by atoms with Gasteiger partial charge in [-0.1, -0.05) is 29.8 Å². The Kier molecular flexibility index (Phi) is 4.37. The number of carbonyl (C=O) groups is 1. The van der Waals surface area contributed by atoms with Crippen molar-refractivity contribution >= 4 is 17.5 Å². The molecule has 104 valence electrons. The van der Waals surface area contributed by atoms with Crippen LogP contribution in [-0.2, 0) is 16.9 Å². The van der Waals surface area contributed by atoms with Gasteiger partial charge in [0.1, 0.15) is 5.54 Å². The summed E-state index contributed by atoms with van der Waals surface area (Å²) in [5, 5.41) is 3.72. The average Bonchev–Trinajstić information content (AvgIpc) is 2.45. The Hall–Kier alpha value is -1.91. The van der Waals surface area contributed by atoms with Crippen LogP contribution in [0.2, 0.25) is 5.02 Å². The molecule has 1 unspecified atom stereocenters. The second kappa shape index (κ2) is 6.03. The fourth-order valence-corrected chi connectivity index (χ4v) is 2.09. The van der Waals surface area contributed by atoms with Gasteiger partial charge in [0, 0.05) is 17.8 Å². The molecule has 0 fully saturated rings. The number of aromatic nitrogens is 1. The van der Waals surface area contributed by atoms with Gasteiger partial charge < -0.3 is 5.73 Å². The molecule has 0 aliphatic rings. The monoisotopic (exact) mass is 289 g/mol. The fraction of sp³-hybridized carbons (Fsp3) is 0.200. The van der Waals surface area contributed by atoms with E-state index in [1.807, 2.05) is 24.3 Å². The van der Waals surface area contributed by atoms with Gasteiger partial charge in [-0.3, -0.25) is 15.1 Å². The number of rotatable bonds is 5. The van der Waals surface area contributed by atoms with Crippen molar-refractivity contribution in [2.24, 2.45) is 5.73 Å². The highest BCUT2D eigenvalue weighted by Gasteiger charge is 2.32. The Labute approximate surface area is 123 Å². The van der Waals surface area contributed by atoms with Crippen LogP contribution in [0.25, 0.3) is 0 Å². The Balaban J connectivity index is 2.24. The maximum Gasteiger partial charge on any atom is 0.242 e. The first-order valence-electron chi connectivity index (χ1n) is 6.23. The zero-order chi connectivity index (χ0) is 14.6. The van der Waals surface area contributed by atoms with Crippen LogP contribution in [0.5, 0.6) is 0 Å². The first kappa shape index (κ1) is 14.5. The van der Waals surface area contributed by atoms with E-state index in [-0.39, 0.29) is 0 Å². The summed E-state index contributed by atoms with van der Waals surface area (Å²) in [4.78, 5) is 16.1. The molecule has 0 radical (unpaired) electrons. The van der Waals surface area contributed by atoms with E-state index in [4.69, 9.17) is 17.3 Å². The minimum absolute atomic E-state index is 0.437. The zero-order valence-corrected chi connectivity index (χ0v) is 11.9. The van der Waals surface area contributed by atoms with Crippen molar-refractivity contribution in [2.75, 3.05) is 0 Å². The topological polar surface area (TPSA) is 68.0 Å². The lowest BCUT2D eigenvalue weighted by molar-refractivity contribution is -0.124. The van der Waals surface area contributed by atoms with Crippen molar-refractivity contribution in [1.29, 1.82) is 0 Å². The molecule has 1 heterocycles. The van der Waals surface area contributed by atoms with Crippen LogP contribution in [0.15, 0.2) is 48.7 Å². The van der Waals surface area contributed by atoms with E-state index < -0.39 is 11.4 Å². The van der Waals surface area contributed by atoms with Crippen molar-refractivity contribution in [3.63, 3.8) is 0 Å². The molecule has 3 N–H and O–H groups in total. The summed E-state index contributed by atoms with van der Waals surface area (Å²) in [5.41, 5.74) is 6.12. The highest BCUT2D eigenvalue weighted by Crippen LogP contribution is 2.23. The number of primary amides is 1. The second-order valence-electron chi connectivity index (χ2n) is 4.67. The van der Waals surface area contributed by atoms with Crippen molar-refractivity contribution in [1.82, 2.24) is 10.3 Å². The number of nitrogens with zero attached hydrogens (tertiary/aromatic N) is 1. The molecule has 0 bridgehead atoms. The summed E-state index contributed by atoms with van der Waals surface area (Å²) in [5.74, 6) is -0.462. The molecule has 5 heteroatoms. The SMILES string of the molecule is CC(NCc1ccccn1)(C(N)=O)c1cccc(Cl)c1. The molecule has 1 amide bonds. The lowest BCUT2D eigenvalue weighted by atomic mass is 9.91. The Morgan fingerprint density at radius 2 is 2.15 bits per heavy atom. The van der Waals surface area contributed by atoms with Gasteiger partial charge in [-0.15, -0.1) is 0 Å². The predicted molar refractivity (Wildman–Crippen MR) is 79.1 cm³/mol. The van der Waals surface area contributed by atoms with E-state index in [0.717, 1.165) is 11.3 Å². The van der Waals surface area contributed by atoms with E-state index in [9.17, 15) is 4.79 Å². The van der Waals surface area contributed by atoms with Crippen LogP contribution >= 0.6 is 11.6 Å². The van der Waals surface area contributed by atoms with Gasteiger partial charge in [0.05, 0.1) is 5.69 Å². The van der Waals surface area contributed by atoms with E-state index in [1.165, 1.54) is 0 Å². The molecule has 1 aromatic carbocycles. The first-order valence-corrected chi connectivity index (χ1v) is 6.61. The quantitative estimate of drug-likeness (QED) is 0.887. The smallest absolute Gasteiger partial charge is 0.242 e. The number of amides is 1. The molecule has 0 saturated carbocycles. The fourth-order valence-electron chi connectivity index (χ4n) is 1.90. The number of hydrogen-bond acceptors (Lipinski definition) is 3. The van der Waals surface area contributed by atoms with Crippen LogP contribution in [0.1, 0.15) is 18.2 Å². The number of halogens is 1. The number of nitrogens with one attached hydrogen (secondary N) is 1. The normalized spacial score (nSPS) is 13.7. The molecule has 2 aromatic rings. The summed E-state index contributed by atoms with van der Waals surface area (Å²) >= 11 is 5.98. The van der Waals surface area contributed by atoms with Gasteiger partial charge in [0.2, 0.25) is 5.91 Å². The van der Waals surface area contributed by atoms with Crippen molar-refractivity contribution in [3.8, 4) is 0 Å². The van der Waals surface area contributed by atoms with E-state index in [2.05, 4.69) is 10.3 Å². The third-order valence-electron chi connectivity index (χ3n) is 3.24. The molecule has 1 aromatic heterocycles. The minimum atomic E-state index is -0.998. The van der Waals surface area contributed by atoms with Crippen molar-refractivity contribution in [2.45, 2.75) is 19.0 Å². The molecule has 0 saturated heterocycles.